The first-order valence-corrected chi connectivity index (χ1v) is 48.5. The standard InChI is InChI=1S/C13H23NO.5C11H20N2O.3C11H20N2S.CH4/c1-8(2)14-13(6,7)12-9(3)10(4)15-11(12)5;1-7(2)13-11(5,6)10-8(3)14-9(4)12-10;1-7(2)13-11(5,6)10-8(3)12-9(4)14-10;1-7(2)13-11(5,6)10-12-8(3)9(4)14-10;1-7(2)12-11(5,6)10-8(3)9(4)14-13-10;1-7(2)12-11(5,6)10-8(3)9(4)13-14-10;1-7(2)13-11(5,6)10-8(3)14-9(4)12-10;1-7(2)13-11(5,6)10-8(3)12-9(4)14-10;1-7(2)13-11(5,6)10-12-8(3)9(4)14-10;/h8,14H,1-7H3;3*7,13H,1-6H3;2*7,12H,1-6H3;3*7,13H,1-6H3;1H4. The van der Waals surface area contributed by atoms with Crippen LogP contribution in [0.25, 0.3) is 0 Å². The SMILES string of the molecule is C.Cc1nc(C(C)(C)NC(C)C)c(C)o1.Cc1nc(C(C)(C)NC(C)C)c(C)s1.Cc1nc(C(C)(C)NC(C)C)oc1C.Cc1nc(C(C)(C)NC(C)C)sc1C.Cc1nc(C)c(C(C)(C)NC(C)C)o1.Cc1nc(C)c(C(C)(C)NC(C)C)s1.Cc1noc(C(C)(C)NC(C)C)c1C.Cc1oc(C)c(C(C)(C)NC(C)C)c1C.Cc1onc(C(C)(C)NC(C)C)c1C. The molecule has 0 fully saturated rings. The predicted octanol–water partition coefficient (Wildman–Crippen LogP) is 25.7. The summed E-state index contributed by atoms with van der Waals surface area (Å²) in [6.07, 6.45) is 0. The average molecular weight is 1840 g/mol. The third-order valence-corrected chi connectivity index (χ3v) is 24.2. The molecule has 0 saturated heterocycles. The van der Waals surface area contributed by atoms with E-state index >= 15 is 0 Å². The van der Waals surface area contributed by atoms with E-state index in [2.05, 4.69) is 386 Å². The van der Waals surface area contributed by atoms with E-state index in [1.165, 1.54) is 36.5 Å². The highest BCUT2D eigenvalue weighted by Gasteiger charge is 2.35. The number of nitrogens with zero attached hydrogens (tertiary/aromatic N) is 8. The Morgan fingerprint density at radius 2 is 0.648 bits per heavy atom. The van der Waals surface area contributed by atoms with Crippen molar-refractivity contribution in [2.45, 2.75) is 492 Å². The smallest absolute Gasteiger partial charge is 0.214 e. The highest BCUT2D eigenvalue weighted by molar-refractivity contribution is 7.12. The summed E-state index contributed by atoms with van der Waals surface area (Å²) in [6.45, 7) is 116. The van der Waals surface area contributed by atoms with Gasteiger partial charge in [0.05, 0.1) is 83.0 Å². The van der Waals surface area contributed by atoms with E-state index in [9.17, 15) is 0 Å². The maximum absolute atomic E-state index is 5.67. The third kappa shape index (κ3) is 39.6. The number of hydrogen-bond acceptors (Lipinski definition) is 26. The summed E-state index contributed by atoms with van der Waals surface area (Å²) in [4.78, 5) is 30.7. The summed E-state index contributed by atoms with van der Waals surface area (Å²) in [7, 11) is 0. The molecule has 23 nitrogen and oxygen atoms in total. The molecule has 9 aromatic heterocycles. The molecule has 0 saturated carbocycles. The van der Waals surface area contributed by atoms with Gasteiger partial charge >= 0.3 is 0 Å². The van der Waals surface area contributed by atoms with Crippen molar-refractivity contribution < 1.29 is 26.7 Å². The highest BCUT2D eigenvalue weighted by atomic mass is 32.1. The van der Waals surface area contributed by atoms with Crippen LogP contribution in [0.3, 0.4) is 0 Å². The van der Waals surface area contributed by atoms with E-state index in [0.717, 1.165) is 119 Å². The molecule has 0 radical (unpaired) electrons. The number of furan rings is 1. The second kappa shape index (κ2) is 50.8. The quantitative estimate of drug-likeness (QED) is 0.0231. The van der Waals surface area contributed by atoms with Crippen LogP contribution in [0.5, 0.6) is 0 Å². The van der Waals surface area contributed by atoms with Gasteiger partial charge in [0.25, 0.3) is 0 Å². The van der Waals surface area contributed by atoms with Gasteiger partial charge in [0.1, 0.15) is 51.0 Å². The molecular formula is C102H187N17O6S3. The normalized spacial score (nSPS) is 12.4. The number of thiazole rings is 3. The topological polar surface area (TPSA) is 290 Å². The van der Waals surface area contributed by atoms with Gasteiger partial charge in [0, 0.05) is 111 Å². The Balaban J connectivity index is 0.00000142. The van der Waals surface area contributed by atoms with Crippen LogP contribution in [0.4, 0.5) is 0 Å². The number of aryl methyl sites for hydroxylation is 16. The monoisotopic (exact) mass is 1840 g/mol. The molecule has 0 aromatic carbocycles. The van der Waals surface area contributed by atoms with Crippen LogP contribution in [0.1, 0.15) is 412 Å². The summed E-state index contributed by atoms with van der Waals surface area (Å²) in [5, 5.41) is 43.0. The molecule has 128 heavy (non-hydrogen) atoms. The van der Waals surface area contributed by atoms with Crippen molar-refractivity contribution in [3.63, 3.8) is 0 Å². The van der Waals surface area contributed by atoms with Crippen LogP contribution >= 0.6 is 34.0 Å². The van der Waals surface area contributed by atoms with Gasteiger partial charge in [-0.25, -0.2) is 29.9 Å². The molecule has 0 aliphatic carbocycles. The second-order valence-electron chi connectivity index (χ2n) is 41.9. The van der Waals surface area contributed by atoms with E-state index < -0.39 is 0 Å². The fourth-order valence-corrected chi connectivity index (χ4v) is 19.7. The van der Waals surface area contributed by atoms with Crippen LogP contribution in [0.15, 0.2) is 26.7 Å². The minimum Gasteiger partial charge on any atom is -0.466 e. The maximum atomic E-state index is 5.67. The van der Waals surface area contributed by atoms with Crippen molar-refractivity contribution >= 4 is 34.0 Å². The van der Waals surface area contributed by atoms with Gasteiger partial charge in [-0.1, -0.05) is 87.0 Å². The molecule has 9 heterocycles. The number of aromatic nitrogens is 8. The van der Waals surface area contributed by atoms with Crippen LogP contribution in [-0.4, -0.2) is 94.6 Å². The van der Waals surface area contributed by atoms with Crippen molar-refractivity contribution in [3.8, 4) is 0 Å². The van der Waals surface area contributed by atoms with E-state index in [-0.39, 0.29) is 57.3 Å². The zero-order valence-electron chi connectivity index (χ0n) is 90.4. The summed E-state index contributed by atoms with van der Waals surface area (Å²) in [5.41, 5.74) is 12.5. The molecule has 0 atom stereocenters. The summed E-state index contributed by atoms with van der Waals surface area (Å²) in [5.74, 6) is 8.86. The van der Waals surface area contributed by atoms with Crippen LogP contribution in [0, 0.1) is 132 Å². The molecule has 0 unspecified atom stereocenters. The molecule has 0 bridgehead atoms. The lowest BCUT2D eigenvalue weighted by atomic mass is 9.90. The lowest BCUT2D eigenvalue weighted by Crippen LogP contribution is -2.41. The molecular weight excluding hydrogens is 1660 g/mol. The Labute approximate surface area is 791 Å². The number of rotatable bonds is 27. The minimum absolute atomic E-state index is 0. The van der Waals surface area contributed by atoms with Crippen molar-refractivity contribution in [1.82, 2.24) is 88.1 Å². The van der Waals surface area contributed by atoms with E-state index in [1.807, 2.05) is 83.1 Å². The summed E-state index contributed by atoms with van der Waals surface area (Å²) >= 11 is 5.35. The highest BCUT2D eigenvalue weighted by Crippen LogP contribution is 2.36. The van der Waals surface area contributed by atoms with Crippen LogP contribution in [0.2, 0.25) is 0 Å². The first-order valence-electron chi connectivity index (χ1n) is 46.0. The molecule has 0 aliphatic heterocycles. The van der Waals surface area contributed by atoms with Gasteiger partial charge in [-0.3, -0.25) is 0 Å². The molecule has 9 aromatic rings. The van der Waals surface area contributed by atoms with Crippen molar-refractivity contribution in [1.29, 1.82) is 0 Å². The Hall–Kier alpha value is -6.14. The zero-order chi connectivity index (χ0) is 99.2. The molecule has 0 amide bonds. The molecule has 0 spiro atoms. The van der Waals surface area contributed by atoms with Gasteiger partial charge in [-0.15, -0.1) is 34.0 Å². The van der Waals surface area contributed by atoms with Crippen molar-refractivity contribution in [3.05, 3.63) is 155 Å². The van der Waals surface area contributed by atoms with Crippen molar-refractivity contribution in [2.24, 2.45) is 0 Å². The zero-order valence-corrected chi connectivity index (χ0v) is 92.9. The Morgan fingerprint density at radius 3 is 0.977 bits per heavy atom. The first kappa shape index (κ1) is 122. The number of oxazole rings is 3. The van der Waals surface area contributed by atoms with E-state index in [4.69, 9.17) is 26.7 Å². The lowest BCUT2D eigenvalue weighted by molar-refractivity contribution is 0.261. The third-order valence-electron chi connectivity index (χ3n) is 20.6. The van der Waals surface area contributed by atoms with E-state index in [1.54, 1.807) is 34.0 Å². The number of nitrogens with one attached hydrogen (secondary N) is 9. The van der Waals surface area contributed by atoms with Crippen molar-refractivity contribution in [2.75, 3.05) is 0 Å². The lowest BCUT2D eigenvalue weighted by Gasteiger charge is -2.29. The average Bonchev–Trinajstić information content (AvgIpc) is 1.64. The predicted molar refractivity (Wildman–Crippen MR) is 546 cm³/mol. The van der Waals surface area contributed by atoms with Gasteiger partial charge < -0.3 is 74.6 Å². The Kier molecular flexibility index (Phi) is 48.4. The largest absolute Gasteiger partial charge is 0.466 e. The maximum Gasteiger partial charge on any atom is 0.214 e. The van der Waals surface area contributed by atoms with Crippen LogP contribution < -0.4 is 47.9 Å². The fourth-order valence-electron chi connectivity index (χ4n) is 16.7. The van der Waals surface area contributed by atoms with Gasteiger partial charge in [-0.05, 0) is 303 Å². The minimum atomic E-state index is -0.201. The Bertz CT molecular complexity index is 4230. The van der Waals surface area contributed by atoms with Gasteiger partial charge in [0.2, 0.25) is 5.89 Å². The molecule has 9 N–H and O–H groups in total. The first-order chi connectivity index (χ1) is 57.4. The summed E-state index contributed by atoms with van der Waals surface area (Å²) < 4.78 is 32.8. The second-order valence-corrected chi connectivity index (χ2v) is 45.7. The van der Waals surface area contributed by atoms with Gasteiger partial charge in [0.15, 0.2) is 17.5 Å². The molecule has 734 valence electrons. The van der Waals surface area contributed by atoms with E-state index in [0.29, 0.717) is 54.4 Å². The van der Waals surface area contributed by atoms with Crippen LogP contribution in [-0.2, 0) is 49.9 Å². The number of hydrogen-bond donors (Lipinski definition) is 9. The molecule has 9 rings (SSSR count). The molecule has 0 aliphatic rings. The fraction of sp³-hybridized carbons (Fsp3) is 0.725. The van der Waals surface area contributed by atoms with Gasteiger partial charge in [-0.2, -0.15) is 0 Å². The Morgan fingerprint density at radius 1 is 0.250 bits per heavy atom. The summed E-state index contributed by atoms with van der Waals surface area (Å²) in [6, 6.07) is 4.05. The molecule has 26 heteroatoms.